The number of halogens is 3. The van der Waals surface area contributed by atoms with Gasteiger partial charge in [0.15, 0.2) is 0 Å². The second-order valence-electron chi connectivity index (χ2n) is 5.52. The summed E-state index contributed by atoms with van der Waals surface area (Å²) in [5, 5.41) is 2.50. The number of carbonyl (C=O) groups is 1. The van der Waals surface area contributed by atoms with E-state index in [-0.39, 0.29) is 6.54 Å². The average Bonchev–Trinajstić information content (AvgIpc) is 2.66. The Hall–Kier alpha value is -3.22. The van der Waals surface area contributed by atoms with E-state index in [0.29, 0.717) is 5.56 Å². The minimum Gasteiger partial charge on any atom is -0.348 e. The van der Waals surface area contributed by atoms with Gasteiger partial charge in [-0.1, -0.05) is 18.2 Å². The summed E-state index contributed by atoms with van der Waals surface area (Å²) in [7, 11) is 0. The van der Waals surface area contributed by atoms with Crippen LogP contribution in [0.3, 0.4) is 0 Å². The van der Waals surface area contributed by atoms with Gasteiger partial charge in [0.1, 0.15) is 0 Å². The number of nitrogens with one attached hydrogen (secondary N) is 1. The Balaban J connectivity index is 1.69. The molecule has 1 aromatic carbocycles. The van der Waals surface area contributed by atoms with E-state index in [0.717, 1.165) is 23.4 Å². The van der Waals surface area contributed by atoms with E-state index >= 15 is 0 Å². The molecule has 4 nitrogen and oxygen atoms in total. The first-order valence-corrected chi connectivity index (χ1v) is 7.75. The zero-order valence-corrected chi connectivity index (χ0v) is 13.5. The highest BCUT2D eigenvalue weighted by Gasteiger charge is 2.34. The maximum atomic E-state index is 13.0. The molecule has 0 saturated heterocycles. The number of carbonyl (C=O) groups excluding carboxylic acids is 1. The summed E-state index contributed by atoms with van der Waals surface area (Å²) in [6.45, 7) is 0.0747. The van der Waals surface area contributed by atoms with Crippen LogP contribution in [0.15, 0.2) is 67.1 Å². The van der Waals surface area contributed by atoms with Gasteiger partial charge in [-0.3, -0.25) is 14.8 Å². The quantitative estimate of drug-likeness (QED) is 0.765. The summed E-state index contributed by atoms with van der Waals surface area (Å²) in [6, 6.07) is 11.9. The van der Waals surface area contributed by atoms with Crippen LogP contribution in [0, 0.1) is 0 Å². The third-order valence-electron chi connectivity index (χ3n) is 3.71. The Morgan fingerprint density at radius 3 is 2.46 bits per heavy atom. The highest BCUT2D eigenvalue weighted by atomic mass is 19.4. The van der Waals surface area contributed by atoms with Crippen molar-refractivity contribution in [2.75, 3.05) is 0 Å². The molecule has 7 heteroatoms. The molecule has 0 saturated carbocycles. The molecule has 0 radical (unpaired) electrons. The Morgan fingerprint density at radius 1 is 1.00 bits per heavy atom. The van der Waals surface area contributed by atoms with Gasteiger partial charge >= 0.3 is 6.18 Å². The number of hydrogen-bond acceptors (Lipinski definition) is 3. The van der Waals surface area contributed by atoms with Crippen molar-refractivity contribution in [3.05, 3.63) is 83.8 Å². The lowest BCUT2D eigenvalue weighted by molar-refractivity contribution is -0.137. The molecule has 132 valence electrons. The van der Waals surface area contributed by atoms with Gasteiger partial charge in [-0.05, 0) is 35.9 Å². The van der Waals surface area contributed by atoms with Crippen LogP contribution in [-0.2, 0) is 12.7 Å². The molecule has 0 aliphatic carbocycles. The van der Waals surface area contributed by atoms with Gasteiger partial charge in [0, 0.05) is 30.7 Å². The molecule has 0 fully saturated rings. The first-order valence-electron chi connectivity index (χ1n) is 7.75. The molecule has 0 spiro atoms. The molecule has 1 N–H and O–H groups in total. The third-order valence-corrected chi connectivity index (χ3v) is 3.71. The molecule has 0 bridgehead atoms. The van der Waals surface area contributed by atoms with Crippen molar-refractivity contribution in [1.82, 2.24) is 15.3 Å². The minimum atomic E-state index is -4.58. The lowest BCUT2D eigenvalue weighted by Gasteiger charge is -2.12. The number of benzene rings is 1. The maximum Gasteiger partial charge on any atom is 0.417 e. The zero-order valence-electron chi connectivity index (χ0n) is 13.5. The van der Waals surface area contributed by atoms with E-state index in [1.807, 2.05) is 6.07 Å². The molecule has 0 unspecified atom stereocenters. The number of amides is 1. The third kappa shape index (κ3) is 4.05. The summed E-state index contributed by atoms with van der Waals surface area (Å²) >= 11 is 0. The number of nitrogens with zero attached hydrogens (tertiary/aromatic N) is 2. The lowest BCUT2D eigenvalue weighted by atomic mass is 10.1. The van der Waals surface area contributed by atoms with E-state index in [1.54, 1.807) is 36.8 Å². The smallest absolute Gasteiger partial charge is 0.348 e. The normalized spacial score (nSPS) is 11.2. The van der Waals surface area contributed by atoms with Crippen LogP contribution in [0.25, 0.3) is 11.3 Å². The van der Waals surface area contributed by atoms with E-state index in [9.17, 15) is 18.0 Å². The molecular formula is C19H14F3N3O. The molecule has 0 aliphatic rings. The highest BCUT2D eigenvalue weighted by Crippen LogP contribution is 2.31. The van der Waals surface area contributed by atoms with Crippen LogP contribution < -0.4 is 5.32 Å². The Kier molecular flexibility index (Phi) is 4.97. The van der Waals surface area contributed by atoms with Crippen LogP contribution in [0.5, 0.6) is 0 Å². The molecule has 3 rings (SSSR count). The van der Waals surface area contributed by atoms with E-state index in [2.05, 4.69) is 15.3 Å². The van der Waals surface area contributed by atoms with Crippen LogP contribution in [0.1, 0.15) is 21.5 Å². The van der Waals surface area contributed by atoms with Crippen molar-refractivity contribution in [2.45, 2.75) is 12.7 Å². The van der Waals surface area contributed by atoms with Crippen molar-refractivity contribution in [1.29, 1.82) is 0 Å². The maximum absolute atomic E-state index is 13.0. The molecular weight excluding hydrogens is 343 g/mol. The van der Waals surface area contributed by atoms with Crippen LogP contribution in [-0.4, -0.2) is 15.9 Å². The summed E-state index contributed by atoms with van der Waals surface area (Å²) in [5.74, 6) is -0.783. The number of hydrogen-bond donors (Lipinski definition) is 1. The molecule has 3 aromatic rings. The molecule has 0 atom stereocenters. The predicted molar refractivity (Wildman–Crippen MR) is 90.1 cm³/mol. The molecule has 2 aromatic heterocycles. The minimum absolute atomic E-state index is 0.0747. The number of aromatic nitrogens is 2. The fourth-order valence-electron chi connectivity index (χ4n) is 2.42. The number of alkyl halides is 3. The van der Waals surface area contributed by atoms with Gasteiger partial charge in [0.05, 0.1) is 16.8 Å². The Morgan fingerprint density at radius 2 is 1.81 bits per heavy atom. The molecule has 0 aliphatic heterocycles. The summed E-state index contributed by atoms with van der Waals surface area (Å²) in [6.07, 6.45) is 0.323. The fraction of sp³-hybridized carbons (Fsp3) is 0.105. The van der Waals surface area contributed by atoms with Crippen LogP contribution >= 0.6 is 0 Å². The van der Waals surface area contributed by atoms with Gasteiger partial charge in [-0.25, -0.2) is 0 Å². The van der Waals surface area contributed by atoms with Gasteiger partial charge in [0.2, 0.25) is 0 Å². The molecule has 26 heavy (non-hydrogen) atoms. The van der Waals surface area contributed by atoms with Gasteiger partial charge in [-0.15, -0.1) is 0 Å². The largest absolute Gasteiger partial charge is 0.417 e. The summed E-state index contributed by atoms with van der Waals surface area (Å²) in [5.41, 5.74) is 0.885. The van der Waals surface area contributed by atoms with Crippen LogP contribution in [0.4, 0.5) is 13.2 Å². The van der Waals surface area contributed by atoms with Gasteiger partial charge < -0.3 is 5.32 Å². The van der Waals surface area contributed by atoms with Crippen molar-refractivity contribution in [2.24, 2.45) is 0 Å². The molecule has 1 amide bonds. The standard InChI is InChI=1S/C19H14F3N3O/c20-19(21,22)16-6-2-1-5-15(16)18(26)25-11-13-7-8-17(24-10-13)14-4-3-9-23-12-14/h1-10,12H,11H2,(H,25,26). The van der Waals surface area contributed by atoms with Crippen LogP contribution in [0.2, 0.25) is 0 Å². The number of pyridine rings is 2. The lowest BCUT2D eigenvalue weighted by Crippen LogP contribution is -2.25. The van der Waals surface area contributed by atoms with Crippen molar-refractivity contribution < 1.29 is 18.0 Å². The van der Waals surface area contributed by atoms with Gasteiger partial charge in [-0.2, -0.15) is 13.2 Å². The van der Waals surface area contributed by atoms with Crippen molar-refractivity contribution in [3.8, 4) is 11.3 Å². The van der Waals surface area contributed by atoms with Gasteiger partial charge in [0.25, 0.3) is 5.91 Å². The van der Waals surface area contributed by atoms with E-state index < -0.39 is 23.2 Å². The van der Waals surface area contributed by atoms with Crippen molar-refractivity contribution in [3.63, 3.8) is 0 Å². The Labute approximate surface area is 147 Å². The van der Waals surface area contributed by atoms with Crippen molar-refractivity contribution >= 4 is 5.91 Å². The monoisotopic (exact) mass is 357 g/mol. The second kappa shape index (κ2) is 7.35. The van der Waals surface area contributed by atoms with E-state index in [4.69, 9.17) is 0 Å². The van der Waals surface area contributed by atoms with E-state index in [1.165, 1.54) is 12.1 Å². The highest BCUT2D eigenvalue weighted by molar-refractivity contribution is 5.95. The first-order chi connectivity index (χ1) is 12.4. The SMILES string of the molecule is O=C(NCc1ccc(-c2cccnc2)nc1)c1ccccc1C(F)(F)F. The summed E-state index contributed by atoms with van der Waals surface area (Å²) in [4.78, 5) is 20.4. The predicted octanol–water partition coefficient (Wildman–Crippen LogP) is 4.09. The first kappa shape index (κ1) is 17.6. The molecule has 2 heterocycles. The Bertz CT molecular complexity index is 894. The summed E-state index contributed by atoms with van der Waals surface area (Å²) < 4.78 is 38.9. The second-order valence-corrected chi connectivity index (χ2v) is 5.52. The zero-order chi connectivity index (χ0) is 18.6. The average molecular weight is 357 g/mol. The fourth-order valence-corrected chi connectivity index (χ4v) is 2.42. The number of rotatable bonds is 4. The topological polar surface area (TPSA) is 54.9 Å².